The first-order valence-corrected chi connectivity index (χ1v) is 11.7. The molecule has 7 nitrogen and oxygen atoms in total. The number of anilines is 1. The molecule has 3 aromatic carbocycles. The summed E-state index contributed by atoms with van der Waals surface area (Å²) in [6.07, 6.45) is 0. The number of benzene rings is 3. The van der Waals surface area contributed by atoms with Crippen molar-refractivity contribution in [2.75, 3.05) is 25.0 Å². The molecule has 0 fully saturated rings. The van der Waals surface area contributed by atoms with Gasteiger partial charge in [-0.1, -0.05) is 41.9 Å². The third-order valence-electron chi connectivity index (χ3n) is 4.70. The largest absolute Gasteiger partial charge is 0.490 e. The molecular formula is C24H26BrCl2N3O4. The Bertz CT molecular complexity index is 1090. The van der Waals surface area contributed by atoms with Gasteiger partial charge in [-0.25, -0.2) is 0 Å². The molecule has 0 aliphatic heterocycles. The van der Waals surface area contributed by atoms with Gasteiger partial charge in [-0.15, -0.1) is 12.4 Å². The first-order chi connectivity index (χ1) is 16.0. The number of hydrogen-bond acceptors (Lipinski definition) is 6. The molecule has 0 aromatic heterocycles. The lowest BCUT2D eigenvalue weighted by atomic mass is 10.2. The van der Waals surface area contributed by atoms with Gasteiger partial charge in [-0.2, -0.15) is 0 Å². The van der Waals surface area contributed by atoms with Gasteiger partial charge in [0.05, 0.1) is 26.7 Å². The van der Waals surface area contributed by atoms with Crippen LogP contribution in [-0.4, -0.2) is 24.6 Å². The molecule has 0 spiro atoms. The van der Waals surface area contributed by atoms with Gasteiger partial charge in [0.25, 0.3) is 5.69 Å². The zero-order valence-electron chi connectivity index (χ0n) is 18.6. The number of ether oxygens (including phenoxy) is 2. The second kappa shape index (κ2) is 14.0. The fourth-order valence-electron chi connectivity index (χ4n) is 3.14. The summed E-state index contributed by atoms with van der Waals surface area (Å²) in [5.41, 5.74) is 2.75. The van der Waals surface area contributed by atoms with E-state index < -0.39 is 4.92 Å². The summed E-state index contributed by atoms with van der Waals surface area (Å²) in [4.78, 5) is 10.3. The lowest BCUT2D eigenvalue weighted by Crippen LogP contribution is -2.22. The molecule has 34 heavy (non-hydrogen) atoms. The van der Waals surface area contributed by atoms with Crippen LogP contribution in [0.15, 0.2) is 65.1 Å². The molecule has 0 saturated heterocycles. The van der Waals surface area contributed by atoms with Crippen LogP contribution in [0.1, 0.15) is 18.1 Å². The second-order valence-electron chi connectivity index (χ2n) is 7.14. The smallest absolute Gasteiger partial charge is 0.271 e. The predicted molar refractivity (Wildman–Crippen MR) is 142 cm³/mol. The molecule has 0 aliphatic carbocycles. The van der Waals surface area contributed by atoms with Crippen LogP contribution in [0.4, 0.5) is 11.4 Å². The van der Waals surface area contributed by atoms with Gasteiger partial charge in [0.2, 0.25) is 0 Å². The maximum Gasteiger partial charge on any atom is 0.271 e. The Morgan fingerprint density at radius 2 is 1.79 bits per heavy atom. The molecule has 0 unspecified atom stereocenters. The molecule has 0 radical (unpaired) electrons. The number of rotatable bonds is 12. The van der Waals surface area contributed by atoms with Crippen LogP contribution in [0.25, 0.3) is 0 Å². The van der Waals surface area contributed by atoms with E-state index in [1.54, 1.807) is 6.07 Å². The Morgan fingerprint density at radius 3 is 2.47 bits per heavy atom. The van der Waals surface area contributed by atoms with Crippen LogP contribution in [0, 0.1) is 10.1 Å². The summed E-state index contributed by atoms with van der Waals surface area (Å²) in [7, 11) is 0. The summed E-state index contributed by atoms with van der Waals surface area (Å²) >= 11 is 9.72. The van der Waals surface area contributed by atoms with Gasteiger partial charge in [0, 0.05) is 31.8 Å². The van der Waals surface area contributed by atoms with Crippen LogP contribution in [0.5, 0.6) is 11.5 Å². The van der Waals surface area contributed by atoms with E-state index in [0.29, 0.717) is 55.1 Å². The highest BCUT2D eigenvalue weighted by molar-refractivity contribution is 9.10. The van der Waals surface area contributed by atoms with E-state index >= 15 is 0 Å². The molecule has 10 heteroatoms. The molecule has 0 bridgehead atoms. The van der Waals surface area contributed by atoms with Crippen molar-refractivity contribution in [1.82, 2.24) is 5.32 Å². The maximum absolute atomic E-state index is 10.8. The van der Waals surface area contributed by atoms with Crippen molar-refractivity contribution < 1.29 is 14.4 Å². The van der Waals surface area contributed by atoms with E-state index in [2.05, 4.69) is 26.6 Å². The molecule has 3 aromatic rings. The van der Waals surface area contributed by atoms with Crippen molar-refractivity contribution in [3.63, 3.8) is 0 Å². The Morgan fingerprint density at radius 1 is 1.03 bits per heavy atom. The number of nitrogens with one attached hydrogen (secondary N) is 2. The molecule has 2 N–H and O–H groups in total. The fraction of sp³-hybridized carbons (Fsp3) is 0.250. The summed E-state index contributed by atoms with van der Waals surface area (Å²) in [5, 5.41) is 17.7. The van der Waals surface area contributed by atoms with E-state index in [1.807, 2.05) is 49.4 Å². The number of nitrogens with zero attached hydrogens (tertiary/aromatic N) is 1. The number of halogens is 3. The Kier molecular flexibility index (Phi) is 11.4. The van der Waals surface area contributed by atoms with Crippen molar-refractivity contribution in [3.8, 4) is 11.5 Å². The standard InChI is InChI=1S/C24H25BrClN3O4.ClH/c1-2-32-23-13-18(12-20(25)24(23)33-16-17-6-4-3-5-7-17)15-27-10-11-28-22-9-8-19(29(30)31)14-21(22)26;/h3-9,12-14,27-28H,2,10-11,15-16H2,1H3;1H. The van der Waals surface area contributed by atoms with Crippen molar-refractivity contribution in [2.45, 2.75) is 20.1 Å². The number of nitro groups is 1. The average molecular weight is 571 g/mol. The Balaban J connectivity index is 0.00000408. The number of hydrogen-bond donors (Lipinski definition) is 2. The number of nitro benzene ring substituents is 1. The lowest BCUT2D eigenvalue weighted by Gasteiger charge is -2.16. The van der Waals surface area contributed by atoms with Gasteiger partial charge in [-0.05, 0) is 52.2 Å². The Labute approximate surface area is 218 Å². The molecule has 3 rings (SSSR count). The van der Waals surface area contributed by atoms with Gasteiger partial charge in [-0.3, -0.25) is 10.1 Å². The van der Waals surface area contributed by atoms with Gasteiger partial charge < -0.3 is 20.1 Å². The monoisotopic (exact) mass is 569 g/mol. The molecule has 0 saturated carbocycles. The average Bonchev–Trinajstić information content (AvgIpc) is 2.80. The zero-order valence-corrected chi connectivity index (χ0v) is 21.7. The fourth-order valence-corrected chi connectivity index (χ4v) is 3.98. The topological polar surface area (TPSA) is 85.7 Å². The zero-order chi connectivity index (χ0) is 23.6. The third kappa shape index (κ3) is 8.06. The van der Waals surface area contributed by atoms with Gasteiger partial charge in [0.1, 0.15) is 6.61 Å². The van der Waals surface area contributed by atoms with Crippen molar-refractivity contribution in [2.24, 2.45) is 0 Å². The summed E-state index contributed by atoms with van der Waals surface area (Å²) in [6, 6.07) is 18.3. The molecule has 0 heterocycles. The molecule has 182 valence electrons. The normalized spacial score (nSPS) is 10.3. The van der Waals surface area contributed by atoms with E-state index in [-0.39, 0.29) is 18.1 Å². The molecule has 0 amide bonds. The first kappa shape index (κ1) is 27.7. The van der Waals surface area contributed by atoms with E-state index in [9.17, 15) is 10.1 Å². The predicted octanol–water partition coefficient (Wildman–Crippen LogP) is 6.61. The van der Waals surface area contributed by atoms with Crippen LogP contribution in [-0.2, 0) is 13.2 Å². The number of non-ortho nitro benzene ring substituents is 1. The molecule has 0 atom stereocenters. The minimum atomic E-state index is -0.468. The van der Waals surface area contributed by atoms with E-state index in [1.165, 1.54) is 12.1 Å². The molecular weight excluding hydrogens is 545 g/mol. The van der Waals surface area contributed by atoms with Crippen LogP contribution < -0.4 is 20.1 Å². The highest BCUT2D eigenvalue weighted by Crippen LogP contribution is 2.37. The second-order valence-corrected chi connectivity index (χ2v) is 8.40. The lowest BCUT2D eigenvalue weighted by molar-refractivity contribution is -0.384. The summed E-state index contributed by atoms with van der Waals surface area (Å²) in [5.74, 6) is 1.37. The van der Waals surface area contributed by atoms with Crippen molar-refractivity contribution in [1.29, 1.82) is 0 Å². The van der Waals surface area contributed by atoms with Crippen molar-refractivity contribution in [3.05, 3.63) is 91.4 Å². The maximum atomic E-state index is 10.8. The highest BCUT2D eigenvalue weighted by Gasteiger charge is 2.13. The van der Waals surface area contributed by atoms with E-state index in [0.717, 1.165) is 15.6 Å². The van der Waals surface area contributed by atoms with Gasteiger partial charge in [0.15, 0.2) is 11.5 Å². The highest BCUT2D eigenvalue weighted by atomic mass is 79.9. The molecule has 0 aliphatic rings. The van der Waals surface area contributed by atoms with Crippen LogP contribution >= 0.6 is 39.9 Å². The van der Waals surface area contributed by atoms with Gasteiger partial charge >= 0.3 is 0 Å². The summed E-state index contributed by atoms with van der Waals surface area (Å²) < 4.78 is 12.7. The Hall–Kier alpha value is -2.52. The summed E-state index contributed by atoms with van der Waals surface area (Å²) in [6.45, 7) is 4.83. The quantitative estimate of drug-likeness (QED) is 0.145. The van der Waals surface area contributed by atoms with Crippen molar-refractivity contribution >= 4 is 51.3 Å². The first-order valence-electron chi connectivity index (χ1n) is 10.5. The third-order valence-corrected chi connectivity index (χ3v) is 5.61. The van der Waals surface area contributed by atoms with Crippen LogP contribution in [0.2, 0.25) is 5.02 Å². The SMILES string of the molecule is CCOc1cc(CNCCNc2ccc([N+](=O)[O-])cc2Cl)cc(Br)c1OCc1ccccc1.Cl. The van der Waals surface area contributed by atoms with Crippen LogP contribution in [0.3, 0.4) is 0 Å². The minimum absolute atomic E-state index is 0. The van der Waals surface area contributed by atoms with E-state index in [4.69, 9.17) is 21.1 Å². The minimum Gasteiger partial charge on any atom is -0.490 e.